The number of hydrogen-bond acceptors (Lipinski definition) is 5. The van der Waals surface area contributed by atoms with Crippen LogP contribution in [-0.2, 0) is 22.5 Å². The molecule has 126 valence electrons. The first-order valence-electron chi connectivity index (χ1n) is 8.34. The van der Waals surface area contributed by atoms with Crippen LogP contribution in [0.4, 0.5) is 5.82 Å². The third-order valence-corrected chi connectivity index (χ3v) is 4.01. The van der Waals surface area contributed by atoms with Crippen LogP contribution in [0.1, 0.15) is 32.5 Å². The highest BCUT2D eigenvalue weighted by Gasteiger charge is 2.17. The molecule has 0 amide bonds. The van der Waals surface area contributed by atoms with E-state index >= 15 is 0 Å². The molecule has 1 aromatic carbocycles. The van der Waals surface area contributed by atoms with Gasteiger partial charge in [0.15, 0.2) is 5.82 Å². The van der Waals surface area contributed by atoms with E-state index in [0.717, 1.165) is 35.1 Å². The highest BCUT2D eigenvalue weighted by Crippen LogP contribution is 2.29. The van der Waals surface area contributed by atoms with Gasteiger partial charge in [0.25, 0.3) is 0 Å². The average Bonchev–Trinajstić information content (AvgIpc) is 2.93. The van der Waals surface area contributed by atoms with Gasteiger partial charge < -0.3 is 15.0 Å². The Hall–Kier alpha value is -2.63. The zero-order chi connectivity index (χ0) is 17.1. The van der Waals surface area contributed by atoms with Crippen LogP contribution in [0.15, 0.2) is 24.3 Å². The van der Waals surface area contributed by atoms with Gasteiger partial charge in [-0.15, -0.1) is 0 Å². The fourth-order valence-corrected chi connectivity index (χ4v) is 3.00. The van der Waals surface area contributed by atoms with E-state index in [1.165, 1.54) is 0 Å². The lowest BCUT2D eigenvalue weighted by Crippen LogP contribution is -2.11. The second kappa shape index (κ2) is 6.86. The number of esters is 1. The number of carbonyl (C=O) groups is 1. The number of fused-ring (bicyclic) bond motifs is 3. The van der Waals surface area contributed by atoms with Crippen molar-refractivity contribution >= 4 is 33.7 Å². The molecule has 2 heterocycles. The quantitative estimate of drug-likeness (QED) is 0.704. The number of ether oxygens (including phenoxy) is 1. The summed E-state index contributed by atoms with van der Waals surface area (Å²) >= 11 is 0. The first-order chi connectivity index (χ1) is 11.7. The number of nitrogens with two attached hydrogens (primary N) is 1. The molecule has 0 atom stereocenters. The maximum atomic E-state index is 11.8. The maximum Gasteiger partial charge on any atom is 0.307 e. The molecule has 0 bridgehead atoms. The van der Waals surface area contributed by atoms with Crippen molar-refractivity contribution in [2.45, 2.75) is 39.7 Å². The normalized spacial score (nSPS) is 11.2. The highest BCUT2D eigenvalue weighted by atomic mass is 16.5. The fourth-order valence-electron chi connectivity index (χ4n) is 3.00. The van der Waals surface area contributed by atoms with Gasteiger partial charge in [-0.3, -0.25) is 4.79 Å². The van der Waals surface area contributed by atoms with Crippen molar-refractivity contribution in [1.29, 1.82) is 0 Å². The number of aromatic nitrogens is 3. The Morgan fingerprint density at radius 1 is 1.25 bits per heavy atom. The zero-order valence-electron chi connectivity index (χ0n) is 14.1. The number of imidazole rings is 1. The molecule has 6 nitrogen and oxygen atoms in total. The molecular formula is C18H22N4O2. The SMILES string of the molecule is CCCc1nc2c(N)nc3ccccc3c2n1CCC(=O)OCC. The lowest BCUT2D eigenvalue weighted by atomic mass is 10.2. The summed E-state index contributed by atoms with van der Waals surface area (Å²) in [7, 11) is 0. The third-order valence-electron chi connectivity index (χ3n) is 4.01. The number of carbonyl (C=O) groups excluding carboxylic acids is 1. The van der Waals surface area contributed by atoms with Crippen molar-refractivity contribution in [3.8, 4) is 0 Å². The molecule has 0 aliphatic heterocycles. The topological polar surface area (TPSA) is 83.0 Å². The van der Waals surface area contributed by atoms with Crippen molar-refractivity contribution in [2.24, 2.45) is 0 Å². The van der Waals surface area contributed by atoms with Gasteiger partial charge in [-0.05, 0) is 19.4 Å². The zero-order valence-corrected chi connectivity index (χ0v) is 14.1. The van der Waals surface area contributed by atoms with Gasteiger partial charge in [0.2, 0.25) is 0 Å². The predicted octanol–water partition coefficient (Wildman–Crippen LogP) is 3.07. The number of aryl methyl sites for hydroxylation is 2. The molecule has 0 saturated heterocycles. The lowest BCUT2D eigenvalue weighted by molar-refractivity contribution is -0.143. The summed E-state index contributed by atoms with van der Waals surface area (Å²) in [5.74, 6) is 1.16. The summed E-state index contributed by atoms with van der Waals surface area (Å²) in [6.07, 6.45) is 2.10. The Morgan fingerprint density at radius 2 is 2.04 bits per heavy atom. The van der Waals surface area contributed by atoms with Gasteiger partial charge in [0.1, 0.15) is 11.3 Å². The molecule has 0 spiro atoms. The van der Waals surface area contributed by atoms with Crippen LogP contribution in [0.2, 0.25) is 0 Å². The summed E-state index contributed by atoms with van der Waals surface area (Å²) in [6.45, 7) is 4.84. The van der Waals surface area contributed by atoms with E-state index in [9.17, 15) is 4.79 Å². The molecule has 0 unspecified atom stereocenters. The van der Waals surface area contributed by atoms with Crippen molar-refractivity contribution in [1.82, 2.24) is 14.5 Å². The second-order valence-corrected chi connectivity index (χ2v) is 5.70. The molecule has 0 aliphatic carbocycles. The van der Waals surface area contributed by atoms with Crippen molar-refractivity contribution in [3.05, 3.63) is 30.1 Å². The van der Waals surface area contributed by atoms with Crippen molar-refractivity contribution in [2.75, 3.05) is 12.3 Å². The van der Waals surface area contributed by atoms with Crippen molar-refractivity contribution in [3.63, 3.8) is 0 Å². The molecule has 2 aromatic heterocycles. The number of para-hydroxylation sites is 1. The first kappa shape index (κ1) is 16.2. The second-order valence-electron chi connectivity index (χ2n) is 5.70. The number of benzene rings is 1. The van der Waals surface area contributed by atoms with Crippen LogP contribution in [-0.4, -0.2) is 27.1 Å². The minimum atomic E-state index is -0.201. The highest BCUT2D eigenvalue weighted by molar-refractivity contribution is 6.06. The van der Waals surface area contributed by atoms with E-state index in [-0.39, 0.29) is 5.97 Å². The number of pyridine rings is 1. The third kappa shape index (κ3) is 2.91. The summed E-state index contributed by atoms with van der Waals surface area (Å²) in [4.78, 5) is 20.9. The van der Waals surface area contributed by atoms with Crippen LogP contribution < -0.4 is 5.73 Å². The molecule has 0 saturated carbocycles. The van der Waals surface area contributed by atoms with Crippen molar-refractivity contribution < 1.29 is 9.53 Å². The van der Waals surface area contributed by atoms with Gasteiger partial charge in [0.05, 0.1) is 24.1 Å². The molecule has 0 radical (unpaired) electrons. The molecule has 24 heavy (non-hydrogen) atoms. The summed E-state index contributed by atoms with van der Waals surface area (Å²) in [5.41, 5.74) is 8.62. The van der Waals surface area contributed by atoms with Crippen LogP contribution in [0, 0.1) is 0 Å². The van der Waals surface area contributed by atoms with Crippen LogP contribution in [0.25, 0.3) is 21.9 Å². The molecule has 3 rings (SSSR count). The standard InChI is InChI=1S/C18H22N4O2/c1-3-7-14-21-16-17(22(14)11-10-15(23)24-4-2)12-8-5-6-9-13(12)20-18(16)19/h5-6,8-9H,3-4,7,10-11H2,1-2H3,(H2,19,20). The molecule has 0 fully saturated rings. The Bertz CT molecular complexity index is 885. The monoisotopic (exact) mass is 326 g/mol. The Morgan fingerprint density at radius 3 is 2.79 bits per heavy atom. The van der Waals surface area contributed by atoms with Gasteiger partial charge in [-0.25, -0.2) is 9.97 Å². The average molecular weight is 326 g/mol. The van der Waals surface area contributed by atoms with Gasteiger partial charge >= 0.3 is 5.97 Å². The number of nitrogens with zero attached hydrogens (tertiary/aromatic N) is 3. The molecule has 2 N–H and O–H groups in total. The Labute approximate surface area is 140 Å². The molecule has 6 heteroatoms. The van der Waals surface area contributed by atoms with E-state index < -0.39 is 0 Å². The minimum Gasteiger partial charge on any atom is -0.466 e. The summed E-state index contributed by atoms with van der Waals surface area (Å²) in [6, 6.07) is 7.87. The lowest BCUT2D eigenvalue weighted by Gasteiger charge is -2.10. The van der Waals surface area contributed by atoms with E-state index in [0.29, 0.717) is 30.9 Å². The van der Waals surface area contributed by atoms with Crippen LogP contribution in [0.5, 0.6) is 0 Å². The first-order valence-corrected chi connectivity index (χ1v) is 8.34. The Balaban J connectivity index is 2.16. The fraction of sp³-hybridized carbons (Fsp3) is 0.389. The van der Waals surface area contributed by atoms with E-state index in [1.54, 1.807) is 0 Å². The molecule has 3 aromatic rings. The van der Waals surface area contributed by atoms with E-state index in [2.05, 4.69) is 16.5 Å². The number of nitrogen functional groups attached to an aromatic ring is 1. The number of rotatable bonds is 6. The number of hydrogen-bond donors (Lipinski definition) is 1. The van der Waals surface area contributed by atoms with E-state index in [1.807, 2.05) is 31.2 Å². The Kier molecular flexibility index (Phi) is 4.64. The van der Waals surface area contributed by atoms with Crippen LogP contribution >= 0.6 is 0 Å². The smallest absolute Gasteiger partial charge is 0.307 e. The van der Waals surface area contributed by atoms with Crippen LogP contribution in [0.3, 0.4) is 0 Å². The van der Waals surface area contributed by atoms with Gasteiger partial charge in [-0.1, -0.05) is 25.1 Å². The van der Waals surface area contributed by atoms with Gasteiger partial charge in [0, 0.05) is 18.4 Å². The largest absolute Gasteiger partial charge is 0.466 e. The predicted molar refractivity (Wildman–Crippen MR) is 94.7 cm³/mol. The minimum absolute atomic E-state index is 0.201. The molecule has 0 aliphatic rings. The summed E-state index contributed by atoms with van der Waals surface area (Å²) in [5, 5.41) is 1.00. The molecular weight excluding hydrogens is 304 g/mol. The maximum absolute atomic E-state index is 11.8. The van der Waals surface area contributed by atoms with E-state index in [4.69, 9.17) is 15.5 Å². The summed E-state index contributed by atoms with van der Waals surface area (Å²) < 4.78 is 7.15. The number of anilines is 1. The van der Waals surface area contributed by atoms with Gasteiger partial charge in [-0.2, -0.15) is 0 Å².